The molecule has 4 rings (SSSR count). The lowest BCUT2D eigenvalue weighted by molar-refractivity contribution is -0.219. The number of aryl methyl sites for hydroxylation is 1. The summed E-state index contributed by atoms with van der Waals surface area (Å²) >= 11 is 2.85. The van der Waals surface area contributed by atoms with Crippen LogP contribution in [0.5, 0.6) is 0 Å². The molecule has 0 saturated heterocycles. The maximum Gasteiger partial charge on any atom is 0.492 e. The molecular weight excluding hydrogens is 589 g/mol. The lowest BCUT2D eigenvalue weighted by atomic mass is 10.1. The van der Waals surface area contributed by atoms with Gasteiger partial charge in [-0.1, -0.05) is 12.1 Å². The van der Waals surface area contributed by atoms with Crippen molar-refractivity contribution >= 4 is 62.1 Å². The quantitative estimate of drug-likeness (QED) is 0.178. The number of nitrogens with zero attached hydrogens (tertiary/aromatic N) is 4. The molecule has 0 aliphatic heterocycles. The number of aromatic nitrogens is 3. The van der Waals surface area contributed by atoms with Gasteiger partial charge < -0.3 is 15.5 Å². The second kappa shape index (κ2) is 11.8. The number of sulfonamides is 1. The number of thiazole rings is 1. The van der Waals surface area contributed by atoms with Crippen LogP contribution in [0.25, 0.3) is 11.3 Å². The van der Waals surface area contributed by atoms with Crippen molar-refractivity contribution in [3.8, 4) is 11.3 Å². The summed E-state index contributed by atoms with van der Waals surface area (Å²) in [4.78, 5) is 28.2. The minimum absolute atomic E-state index is 0.130. The van der Waals surface area contributed by atoms with Gasteiger partial charge in [0.05, 0.1) is 21.3 Å². The van der Waals surface area contributed by atoms with Crippen LogP contribution in [0.2, 0.25) is 0 Å². The first-order valence-electron chi connectivity index (χ1n) is 11.2. The Morgan fingerprint density at radius 3 is 2.45 bits per heavy atom. The number of halogens is 3. The summed E-state index contributed by atoms with van der Waals surface area (Å²) in [6, 6.07) is 13.1. The third-order valence-corrected chi connectivity index (χ3v) is 8.40. The summed E-state index contributed by atoms with van der Waals surface area (Å²) in [6.45, 7) is 1.93. The summed E-state index contributed by atoms with van der Waals surface area (Å²) in [5.41, 5.74) is 2.83. The van der Waals surface area contributed by atoms with Gasteiger partial charge in [-0.2, -0.15) is 13.2 Å². The summed E-state index contributed by atoms with van der Waals surface area (Å²) in [5.74, 6) is -1.91. The van der Waals surface area contributed by atoms with Crippen LogP contribution in [0.4, 0.5) is 36.2 Å². The second-order valence-electron chi connectivity index (χ2n) is 8.02. The zero-order valence-corrected chi connectivity index (χ0v) is 23.5. The predicted octanol–water partition coefficient (Wildman–Crippen LogP) is 5.76. The van der Waals surface area contributed by atoms with E-state index in [0.29, 0.717) is 29.3 Å². The fraction of sp³-hybridized carbons (Fsp3) is 0.167. The largest absolute Gasteiger partial charge is 0.492 e. The van der Waals surface area contributed by atoms with Gasteiger partial charge in [0.15, 0.2) is 0 Å². The van der Waals surface area contributed by atoms with Crippen molar-refractivity contribution in [3.05, 3.63) is 65.2 Å². The molecule has 0 spiro atoms. The van der Waals surface area contributed by atoms with E-state index in [2.05, 4.69) is 30.4 Å². The Kier molecular flexibility index (Phi) is 8.62. The Labute approximate surface area is 235 Å². The molecule has 210 valence electrons. The van der Waals surface area contributed by atoms with Crippen LogP contribution in [0.15, 0.2) is 70.0 Å². The lowest BCUT2D eigenvalue weighted by Gasteiger charge is -2.18. The first-order valence-corrected chi connectivity index (χ1v) is 14.8. The van der Waals surface area contributed by atoms with E-state index >= 15 is 0 Å². The van der Waals surface area contributed by atoms with Gasteiger partial charge in [0.25, 0.3) is 10.0 Å². The van der Waals surface area contributed by atoms with E-state index in [1.54, 1.807) is 23.7 Å². The van der Waals surface area contributed by atoms with Crippen molar-refractivity contribution in [2.75, 3.05) is 23.9 Å². The van der Waals surface area contributed by atoms with Gasteiger partial charge in [-0.15, -0.1) is 23.1 Å². The van der Waals surface area contributed by atoms with E-state index in [9.17, 15) is 26.4 Å². The SMILES string of the molecule is CSc1ccc(S(=O)(=O)N(C)OC(=O)C(F)(F)F)cc1Nc1cc(Nc2cccc(-c3csc(C)n3)c2)ncn1. The van der Waals surface area contributed by atoms with Crippen molar-refractivity contribution in [1.82, 2.24) is 19.4 Å². The number of thioether (sulfide) groups is 1. The fourth-order valence-corrected chi connectivity index (χ4v) is 5.47. The van der Waals surface area contributed by atoms with Crippen molar-refractivity contribution < 1.29 is 31.2 Å². The summed E-state index contributed by atoms with van der Waals surface area (Å²) < 4.78 is 63.1. The van der Waals surface area contributed by atoms with Crippen molar-refractivity contribution in [3.63, 3.8) is 0 Å². The number of carbonyl (C=O) groups is 1. The smallest absolute Gasteiger partial charge is 0.345 e. The van der Waals surface area contributed by atoms with E-state index in [1.807, 2.05) is 36.6 Å². The van der Waals surface area contributed by atoms with Crippen LogP contribution in [0.3, 0.4) is 0 Å². The molecule has 0 radical (unpaired) electrons. The van der Waals surface area contributed by atoms with Gasteiger partial charge in [-0.3, -0.25) is 0 Å². The first kappa shape index (κ1) is 29.3. The number of alkyl halides is 3. The van der Waals surface area contributed by atoms with E-state index in [1.165, 1.54) is 36.3 Å². The molecule has 0 unspecified atom stereocenters. The van der Waals surface area contributed by atoms with Crippen LogP contribution in [-0.4, -0.2) is 53.3 Å². The van der Waals surface area contributed by atoms with Gasteiger partial charge >= 0.3 is 12.1 Å². The molecule has 2 aromatic carbocycles. The molecule has 4 aromatic rings. The number of anilines is 4. The summed E-state index contributed by atoms with van der Waals surface area (Å²) in [5, 5.41) is 9.13. The number of hydrogen-bond acceptors (Lipinski definition) is 11. The molecule has 0 amide bonds. The van der Waals surface area contributed by atoms with Gasteiger partial charge in [0.1, 0.15) is 18.0 Å². The van der Waals surface area contributed by atoms with Gasteiger partial charge in [-0.05, 0) is 48.0 Å². The van der Waals surface area contributed by atoms with Crippen LogP contribution in [-0.2, 0) is 19.7 Å². The number of hydroxylamine groups is 1. The Morgan fingerprint density at radius 1 is 1.07 bits per heavy atom. The van der Waals surface area contributed by atoms with Crippen molar-refractivity contribution in [1.29, 1.82) is 0 Å². The van der Waals surface area contributed by atoms with Crippen molar-refractivity contribution in [2.24, 2.45) is 0 Å². The maximum absolute atomic E-state index is 12.8. The molecule has 2 heterocycles. The minimum atomic E-state index is -5.36. The molecule has 0 fully saturated rings. The van der Waals surface area contributed by atoms with Crippen LogP contribution in [0, 0.1) is 6.92 Å². The average Bonchev–Trinajstić information content (AvgIpc) is 3.34. The Bertz CT molecular complexity index is 1650. The van der Waals surface area contributed by atoms with E-state index in [0.717, 1.165) is 22.0 Å². The molecule has 2 aromatic heterocycles. The van der Waals surface area contributed by atoms with E-state index in [-0.39, 0.29) is 4.47 Å². The highest BCUT2D eigenvalue weighted by Gasteiger charge is 2.43. The minimum Gasteiger partial charge on any atom is -0.345 e. The van der Waals surface area contributed by atoms with Crippen LogP contribution >= 0.6 is 23.1 Å². The molecule has 0 bridgehead atoms. The third-order valence-electron chi connectivity index (χ3n) is 5.23. The third kappa shape index (κ3) is 6.88. The number of benzene rings is 2. The molecule has 0 aliphatic carbocycles. The topological polar surface area (TPSA) is 126 Å². The normalized spacial score (nSPS) is 11.9. The number of nitrogens with one attached hydrogen (secondary N) is 2. The van der Waals surface area contributed by atoms with E-state index < -0.39 is 27.1 Å². The molecule has 10 nitrogen and oxygen atoms in total. The summed E-state index contributed by atoms with van der Waals surface area (Å²) in [7, 11) is -3.92. The molecule has 0 aliphatic rings. The number of hydrogen-bond donors (Lipinski definition) is 2. The molecule has 0 atom stereocenters. The van der Waals surface area contributed by atoms with Crippen molar-refractivity contribution in [2.45, 2.75) is 22.9 Å². The summed E-state index contributed by atoms with van der Waals surface area (Å²) in [6.07, 6.45) is -2.29. The highest BCUT2D eigenvalue weighted by atomic mass is 32.2. The Morgan fingerprint density at radius 2 is 1.80 bits per heavy atom. The fourth-order valence-electron chi connectivity index (χ4n) is 3.34. The average molecular weight is 611 g/mol. The van der Waals surface area contributed by atoms with Crippen LogP contribution < -0.4 is 10.6 Å². The predicted molar refractivity (Wildman–Crippen MR) is 146 cm³/mol. The lowest BCUT2D eigenvalue weighted by Crippen LogP contribution is -2.36. The molecular formula is C24H21F3N6O4S3. The zero-order chi connectivity index (χ0) is 29.1. The molecule has 16 heteroatoms. The zero-order valence-electron chi connectivity index (χ0n) is 21.1. The number of carbonyl (C=O) groups excluding carboxylic acids is 1. The van der Waals surface area contributed by atoms with Gasteiger partial charge in [-0.25, -0.2) is 28.2 Å². The van der Waals surface area contributed by atoms with E-state index in [4.69, 9.17) is 0 Å². The maximum atomic E-state index is 12.8. The van der Waals surface area contributed by atoms with Crippen LogP contribution in [0.1, 0.15) is 5.01 Å². The molecule has 0 saturated carbocycles. The Balaban J connectivity index is 1.55. The Hall–Kier alpha value is -3.73. The standard InChI is InChI=1S/C24H21F3N6O4S3/c1-14-30-19(12-39-14)15-5-4-6-16(9-15)31-21-11-22(29-13-28-21)32-18-10-17(7-8-20(18)38-3)40(35,36)33(2)37-23(34)24(25,26)27/h4-13H,1-3H3,(H2,28,29,31,32). The first-order chi connectivity index (χ1) is 18.9. The molecule has 40 heavy (non-hydrogen) atoms. The monoisotopic (exact) mass is 610 g/mol. The van der Waals surface area contributed by atoms with Gasteiger partial charge in [0.2, 0.25) is 0 Å². The second-order valence-corrected chi connectivity index (χ2v) is 11.9. The highest BCUT2D eigenvalue weighted by molar-refractivity contribution is 7.98. The van der Waals surface area contributed by atoms with Gasteiger partial charge in [0, 0.05) is 34.6 Å². The highest BCUT2D eigenvalue weighted by Crippen LogP contribution is 2.32. The number of rotatable bonds is 9. The molecule has 2 N–H and O–H groups in total.